The molecule has 1 atom stereocenters. The first-order valence-corrected chi connectivity index (χ1v) is 4.80. The molecule has 1 unspecified atom stereocenters. The van der Waals surface area contributed by atoms with Crippen molar-refractivity contribution in [1.29, 1.82) is 0 Å². The van der Waals surface area contributed by atoms with Gasteiger partial charge in [0.15, 0.2) is 0 Å². The van der Waals surface area contributed by atoms with Gasteiger partial charge in [-0.05, 0) is 25.3 Å². The van der Waals surface area contributed by atoms with Crippen molar-refractivity contribution in [3.63, 3.8) is 0 Å². The molecule has 0 amide bonds. The Kier molecular flexibility index (Phi) is 2.77. The van der Waals surface area contributed by atoms with Gasteiger partial charge in [0.25, 0.3) is 0 Å². The van der Waals surface area contributed by atoms with E-state index in [0.717, 1.165) is 0 Å². The number of hydrogen-bond donors (Lipinski definition) is 1. The molecule has 0 aliphatic heterocycles. The summed E-state index contributed by atoms with van der Waals surface area (Å²) in [5, 5.41) is 0. The van der Waals surface area contributed by atoms with Crippen LogP contribution in [0.5, 0.6) is 0 Å². The van der Waals surface area contributed by atoms with Gasteiger partial charge in [-0.15, -0.1) is 0 Å². The molecule has 1 aromatic carbocycles. The van der Waals surface area contributed by atoms with Crippen molar-refractivity contribution in [2.75, 3.05) is 0 Å². The summed E-state index contributed by atoms with van der Waals surface area (Å²) in [4.78, 5) is 0. The van der Waals surface area contributed by atoms with E-state index in [9.17, 15) is 0 Å². The zero-order valence-corrected chi connectivity index (χ0v) is 8.96. The molecule has 0 aromatic heterocycles. The lowest BCUT2D eigenvalue weighted by Crippen LogP contribution is -2.38. The van der Waals surface area contributed by atoms with Crippen molar-refractivity contribution in [2.45, 2.75) is 33.2 Å². The third-order valence-corrected chi connectivity index (χ3v) is 2.84. The zero-order valence-electron chi connectivity index (χ0n) is 8.96. The van der Waals surface area contributed by atoms with E-state index in [0.29, 0.717) is 5.92 Å². The summed E-state index contributed by atoms with van der Waals surface area (Å²) in [5.41, 5.74) is 8.53. The minimum Gasteiger partial charge on any atom is -0.321 e. The Morgan fingerprint density at radius 2 is 1.92 bits per heavy atom. The van der Waals surface area contributed by atoms with Gasteiger partial charge >= 0.3 is 0 Å². The van der Waals surface area contributed by atoms with Crippen molar-refractivity contribution in [3.8, 4) is 0 Å². The van der Waals surface area contributed by atoms with E-state index in [1.54, 1.807) is 0 Å². The molecular weight excluding hydrogens is 158 g/mol. The number of nitrogens with two attached hydrogens (primary N) is 1. The summed E-state index contributed by atoms with van der Waals surface area (Å²) in [7, 11) is 0. The van der Waals surface area contributed by atoms with Crippen molar-refractivity contribution < 1.29 is 0 Å². The molecule has 0 saturated heterocycles. The van der Waals surface area contributed by atoms with Crippen molar-refractivity contribution >= 4 is 0 Å². The van der Waals surface area contributed by atoms with Crippen LogP contribution in [0.15, 0.2) is 24.3 Å². The Morgan fingerprint density at radius 3 is 2.38 bits per heavy atom. The highest BCUT2D eigenvalue weighted by molar-refractivity contribution is 5.28. The molecule has 0 aliphatic rings. The highest BCUT2D eigenvalue weighted by Gasteiger charge is 2.24. The molecule has 1 heteroatoms. The lowest BCUT2D eigenvalue weighted by Gasteiger charge is -2.30. The van der Waals surface area contributed by atoms with Crippen LogP contribution in [-0.4, -0.2) is 0 Å². The lowest BCUT2D eigenvalue weighted by molar-refractivity contribution is 0.350. The Bertz CT molecular complexity index is 287. The number of aryl methyl sites for hydroxylation is 1. The summed E-state index contributed by atoms with van der Waals surface area (Å²) in [6, 6.07) is 8.44. The SMILES string of the molecule is Cc1cccc(C(C)(N)C(C)C)c1. The summed E-state index contributed by atoms with van der Waals surface area (Å²) < 4.78 is 0. The molecule has 0 radical (unpaired) electrons. The highest BCUT2D eigenvalue weighted by Crippen LogP contribution is 2.26. The molecule has 13 heavy (non-hydrogen) atoms. The maximum Gasteiger partial charge on any atom is 0.0404 e. The van der Waals surface area contributed by atoms with E-state index < -0.39 is 0 Å². The third-order valence-electron chi connectivity index (χ3n) is 2.84. The first kappa shape index (κ1) is 10.3. The molecule has 0 saturated carbocycles. The standard InChI is InChI=1S/C12H19N/c1-9(2)12(4,13)11-7-5-6-10(3)8-11/h5-9H,13H2,1-4H3. The Labute approximate surface area is 81.0 Å². The summed E-state index contributed by atoms with van der Waals surface area (Å²) in [5.74, 6) is 0.453. The predicted molar refractivity (Wildman–Crippen MR) is 57.6 cm³/mol. The van der Waals surface area contributed by atoms with Crippen LogP contribution in [0.4, 0.5) is 0 Å². The predicted octanol–water partition coefficient (Wildman–Crippen LogP) is 2.82. The Hall–Kier alpha value is -0.820. The van der Waals surface area contributed by atoms with Crippen molar-refractivity contribution in [3.05, 3.63) is 35.4 Å². The molecule has 0 spiro atoms. The average molecular weight is 177 g/mol. The van der Waals surface area contributed by atoms with Gasteiger partial charge in [-0.2, -0.15) is 0 Å². The number of benzene rings is 1. The first-order valence-electron chi connectivity index (χ1n) is 4.80. The fourth-order valence-corrected chi connectivity index (χ4v) is 1.31. The molecule has 0 heterocycles. The van der Waals surface area contributed by atoms with E-state index in [-0.39, 0.29) is 5.54 Å². The van der Waals surface area contributed by atoms with Gasteiger partial charge in [0.2, 0.25) is 0 Å². The fourth-order valence-electron chi connectivity index (χ4n) is 1.31. The summed E-state index contributed by atoms with van der Waals surface area (Å²) in [6.07, 6.45) is 0. The molecule has 0 aliphatic carbocycles. The van der Waals surface area contributed by atoms with Gasteiger partial charge in [-0.1, -0.05) is 43.7 Å². The van der Waals surface area contributed by atoms with Gasteiger partial charge in [-0.25, -0.2) is 0 Å². The van der Waals surface area contributed by atoms with E-state index in [4.69, 9.17) is 5.73 Å². The molecule has 72 valence electrons. The summed E-state index contributed by atoms with van der Waals surface area (Å²) in [6.45, 7) is 8.50. The van der Waals surface area contributed by atoms with E-state index >= 15 is 0 Å². The second kappa shape index (κ2) is 3.51. The number of rotatable bonds is 2. The maximum atomic E-state index is 6.25. The Morgan fingerprint density at radius 1 is 1.31 bits per heavy atom. The minimum absolute atomic E-state index is 0.216. The van der Waals surface area contributed by atoms with Crippen LogP contribution in [0.2, 0.25) is 0 Å². The summed E-state index contributed by atoms with van der Waals surface area (Å²) >= 11 is 0. The van der Waals surface area contributed by atoms with Crippen molar-refractivity contribution in [1.82, 2.24) is 0 Å². The lowest BCUT2D eigenvalue weighted by atomic mass is 9.82. The Balaban J connectivity index is 3.07. The average Bonchev–Trinajstić information content (AvgIpc) is 2.04. The maximum absolute atomic E-state index is 6.25. The number of hydrogen-bond acceptors (Lipinski definition) is 1. The molecule has 1 nitrogen and oxygen atoms in total. The molecule has 1 aromatic rings. The largest absolute Gasteiger partial charge is 0.321 e. The third kappa shape index (κ3) is 2.10. The van der Waals surface area contributed by atoms with E-state index in [1.807, 2.05) is 0 Å². The smallest absolute Gasteiger partial charge is 0.0404 e. The minimum atomic E-state index is -0.216. The topological polar surface area (TPSA) is 26.0 Å². The quantitative estimate of drug-likeness (QED) is 0.738. The van der Waals surface area contributed by atoms with E-state index in [1.165, 1.54) is 11.1 Å². The first-order chi connectivity index (χ1) is 5.94. The van der Waals surface area contributed by atoms with Crippen molar-refractivity contribution in [2.24, 2.45) is 11.7 Å². The van der Waals surface area contributed by atoms with Crippen LogP contribution < -0.4 is 5.73 Å². The molecular formula is C12H19N. The van der Waals surface area contributed by atoms with Gasteiger partial charge in [-0.3, -0.25) is 0 Å². The zero-order chi connectivity index (χ0) is 10.1. The fraction of sp³-hybridized carbons (Fsp3) is 0.500. The van der Waals surface area contributed by atoms with Crippen LogP contribution in [0.25, 0.3) is 0 Å². The molecule has 0 bridgehead atoms. The van der Waals surface area contributed by atoms with Crippen LogP contribution in [0.3, 0.4) is 0 Å². The van der Waals surface area contributed by atoms with Gasteiger partial charge in [0.1, 0.15) is 0 Å². The van der Waals surface area contributed by atoms with Crippen LogP contribution in [0.1, 0.15) is 31.9 Å². The van der Waals surface area contributed by atoms with Crippen LogP contribution >= 0.6 is 0 Å². The van der Waals surface area contributed by atoms with Crippen LogP contribution in [-0.2, 0) is 5.54 Å². The second-order valence-electron chi connectivity index (χ2n) is 4.31. The molecule has 0 fully saturated rings. The second-order valence-corrected chi connectivity index (χ2v) is 4.31. The van der Waals surface area contributed by atoms with Gasteiger partial charge in [0.05, 0.1) is 0 Å². The van der Waals surface area contributed by atoms with Gasteiger partial charge in [0, 0.05) is 5.54 Å². The normalized spacial score (nSPS) is 15.8. The molecule has 2 N–H and O–H groups in total. The highest BCUT2D eigenvalue weighted by atomic mass is 14.7. The van der Waals surface area contributed by atoms with Gasteiger partial charge < -0.3 is 5.73 Å². The molecule has 1 rings (SSSR count). The van der Waals surface area contributed by atoms with Crippen LogP contribution in [0, 0.1) is 12.8 Å². The van der Waals surface area contributed by atoms with E-state index in [2.05, 4.69) is 52.0 Å². The monoisotopic (exact) mass is 177 g/mol.